The van der Waals surface area contributed by atoms with Crippen LogP contribution in [0.25, 0.3) is 10.9 Å². The molecule has 0 bridgehead atoms. The summed E-state index contributed by atoms with van der Waals surface area (Å²) in [6, 6.07) is 7.70. The second-order valence-corrected chi connectivity index (χ2v) is 5.97. The molecule has 130 valence electrons. The van der Waals surface area contributed by atoms with Crippen molar-refractivity contribution in [2.45, 2.75) is 20.3 Å². The fourth-order valence-corrected chi connectivity index (χ4v) is 2.88. The molecule has 1 aromatic carbocycles. The fourth-order valence-electron chi connectivity index (χ4n) is 2.88. The van der Waals surface area contributed by atoms with Crippen LogP contribution in [0.4, 0.5) is 5.82 Å². The van der Waals surface area contributed by atoms with E-state index in [0.29, 0.717) is 12.4 Å². The predicted octanol–water partition coefficient (Wildman–Crippen LogP) is 1.75. The Labute approximate surface area is 146 Å². The summed E-state index contributed by atoms with van der Waals surface area (Å²) in [6.45, 7) is 4.79. The Morgan fingerprint density at radius 3 is 2.76 bits per heavy atom. The van der Waals surface area contributed by atoms with Crippen molar-refractivity contribution in [1.29, 1.82) is 0 Å². The summed E-state index contributed by atoms with van der Waals surface area (Å²) in [5.41, 5.74) is 4.19. The van der Waals surface area contributed by atoms with Gasteiger partial charge in [-0.05, 0) is 38.0 Å². The lowest BCUT2D eigenvalue weighted by atomic mass is 10.1. The van der Waals surface area contributed by atoms with Crippen molar-refractivity contribution in [3.8, 4) is 0 Å². The Bertz CT molecular complexity index is 896. The van der Waals surface area contributed by atoms with Gasteiger partial charge in [0.1, 0.15) is 12.1 Å². The Morgan fingerprint density at radius 2 is 2.00 bits per heavy atom. The van der Waals surface area contributed by atoms with E-state index in [1.165, 1.54) is 11.9 Å². The third-order valence-electron chi connectivity index (χ3n) is 4.32. The number of anilines is 1. The molecule has 7 nitrogen and oxygen atoms in total. The molecule has 3 aromatic rings. The number of aryl methyl sites for hydroxylation is 2. The highest BCUT2D eigenvalue weighted by Crippen LogP contribution is 2.17. The molecule has 0 saturated carbocycles. The van der Waals surface area contributed by atoms with Gasteiger partial charge in [0.05, 0.1) is 17.8 Å². The maximum absolute atomic E-state index is 12.1. The molecule has 7 heteroatoms. The van der Waals surface area contributed by atoms with Gasteiger partial charge in [-0.1, -0.05) is 12.1 Å². The third-order valence-corrected chi connectivity index (χ3v) is 4.32. The summed E-state index contributed by atoms with van der Waals surface area (Å²) in [5, 5.41) is 11.3. The van der Waals surface area contributed by atoms with E-state index in [2.05, 4.69) is 25.7 Å². The fraction of sp³-hybridized carbons (Fsp3) is 0.333. The Kier molecular flexibility index (Phi) is 4.92. The van der Waals surface area contributed by atoms with E-state index in [1.807, 2.05) is 49.8 Å². The van der Waals surface area contributed by atoms with Gasteiger partial charge in [0, 0.05) is 24.7 Å². The van der Waals surface area contributed by atoms with Gasteiger partial charge in [0.25, 0.3) is 0 Å². The molecule has 2 aromatic heterocycles. The number of nitrogens with one attached hydrogen (secondary N) is 2. The Hall–Kier alpha value is -2.96. The van der Waals surface area contributed by atoms with Crippen molar-refractivity contribution in [2.75, 3.05) is 18.4 Å². The lowest BCUT2D eigenvalue weighted by Gasteiger charge is -2.09. The van der Waals surface area contributed by atoms with Crippen LogP contribution in [0.15, 0.2) is 30.6 Å². The standard InChI is InChI=1S/C18H22N6O/c1-12-14(13(2)24(3)23-12)8-9-19-17(25)10-20-18-15-6-4-5-7-16(15)21-11-22-18/h4-7,11H,8-10H2,1-3H3,(H,19,25)(H,20,21,22). The molecule has 0 unspecified atom stereocenters. The van der Waals surface area contributed by atoms with Crippen LogP contribution in [0.5, 0.6) is 0 Å². The Morgan fingerprint density at radius 1 is 1.20 bits per heavy atom. The van der Waals surface area contributed by atoms with Crippen LogP contribution in [0.1, 0.15) is 17.0 Å². The van der Waals surface area contributed by atoms with Gasteiger partial charge in [-0.25, -0.2) is 9.97 Å². The van der Waals surface area contributed by atoms with Crippen molar-refractivity contribution in [3.05, 3.63) is 47.5 Å². The number of benzene rings is 1. The van der Waals surface area contributed by atoms with Crippen molar-refractivity contribution in [3.63, 3.8) is 0 Å². The normalized spacial score (nSPS) is 10.8. The van der Waals surface area contributed by atoms with Crippen LogP contribution >= 0.6 is 0 Å². The maximum Gasteiger partial charge on any atom is 0.239 e. The number of hydrogen-bond donors (Lipinski definition) is 2. The van der Waals surface area contributed by atoms with E-state index >= 15 is 0 Å². The van der Waals surface area contributed by atoms with Crippen LogP contribution in [0.3, 0.4) is 0 Å². The van der Waals surface area contributed by atoms with E-state index in [0.717, 1.165) is 28.7 Å². The van der Waals surface area contributed by atoms with Gasteiger partial charge in [-0.15, -0.1) is 0 Å². The molecule has 0 spiro atoms. The van der Waals surface area contributed by atoms with Gasteiger partial charge in [0.2, 0.25) is 5.91 Å². The van der Waals surface area contributed by atoms with Crippen LogP contribution in [-0.2, 0) is 18.3 Å². The number of carbonyl (C=O) groups is 1. The minimum absolute atomic E-state index is 0.0677. The van der Waals surface area contributed by atoms with E-state index in [9.17, 15) is 4.79 Å². The molecule has 25 heavy (non-hydrogen) atoms. The van der Waals surface area contributed by atoms with Crippen molar-refractivity contribution >= 4 is 22.6 Å². The highest BCUT2D eigenvalue weighted by molar-refractivity contribution is 5.90. The quantitative estimate of drug-likeness (QED) is 0.715. The van der Waals surface area contributed by atoms with Gasteiger partial charge < -0.3 is 10.6 Å². The zero-order valence-electron chi connectivity index (χ0n) is 14.7. The maximum atomic E-state index is 12.1. The van der Waals surface area contributed by atoms with Gasteiger partial charge in [-0.3, -0.25) is 9.48 Å². The number of para-hydroxylation sites is 1. The zero-order chi connectivity index (χ0) is 17.8. The first-order valence-electron chi connectivity index (χ1n) is 8.25. The summed E-state index contributed by atoms with van der Waals surface area (Å²) < 4.78 is 1.87. The van der Waals surface area contributed by atoms with Crippen LogP contribution in [0, 0.1) is 13.8 Å². The van der Waals surface area contributed by atoms with Gasteiger partial charge >= 0.3 is 0 Å². The molecule has 0 aliphatic carbocycles. The molecule has 3 rings (SSSR count). The number of hydrogen-bond acceptors (Lipinski definition) is 5. The average molecular weight is 338 g/mol. The second-order valence-electron chi connectivity index (χ2n) is 5.97. The lowest BCUT2D eigenvalue weighted by molar-refractivity contribution is -0.119. The number of fused-ring (bicyclic) bond motifs is 1. The SMILES string of the molecule is Cc1nn(C)c(C)c1CCNC(=O)CNc1ncnc2ccccc12. The topological polar surface area (TPSA) is 84.7 Å². The highest BCUT2D eigenvalue weighted by Gasteiger charge is 2.10. The highest BCUT2D eigenvalue weighted by atomic mass is 16.1. The third kappa shape index (κ3) is 3.76. The summed E-state index contributed by atoms with van der Waals surface area (Å²) in [6.07, 6.45) is 2.27. The number of rotatable bonds is 6. The monoisotopic (exact) mass is 338 g/mol. The molecule has 0 radical (unpaired) electrons. The molecular weight excluding hydrogens is 316 g/mol. The van der Waals surface area contributed by atoms with Crippen LogP contribution in [0.2, 0.25) is 0 Å². The minimum Gasteiger partial charge on any atom is -0.360 e. The van der Waals surface area contributed by atoms with E-state index < -0.39 is 0 Å². The van der Waals surface area contributed by atoms with E-state index in [1.54, 1.807) is 0 Å². The largest absolute Gasteiger partial charge is 0.360 e. The first-order valence-corrected chi connectivity index (χ1v) is 8.25. The van der Waals surface area contributed by atoms with E-state index in [-0.39, 0.29) is 12.5 Å². The van der Waals surface area contributed by atoms with Crippen molar-refractivity contribution < 1.29 is 4.79 Å². The predicted molar refractivity (Wildman–Crippen MR) is 97.4 cm³/mol. The summed E-state index contributed by atoms with van der Waals surface area (Å²) in [5.74, 6) is 0.599. The summed E-state index contributed by atoms with van der Waals surface area (Å²) >= 11 is 0. The van der Waals surface area contributed by atoms with Gasteiger partial charge in [-0.2, -0.15) is 5.10 Å². The number of nitrogens with zero attached hydrogens (tertiary/aromatic N) is 4. The molecule has 0 aliphatic heterocycles. The number of aromatic nitrogens is 4. The first kappa shape index (κ1) is 16.9. The second kappa shape index (κ2) is 7.29. The Balaban J connectivity index is 1.53. The molecular formula is C18H22N6O. The van der Waals surface area contributed by atoms with Crippen LogP contribution in [-0.4, -0.2) is 38.7 Å². The molecule has 2 heterocycles. The van der Waals surface area contributed by atoms with Crippen LogP contribution < -0.4 is 10.6 Å². The molecule has 0 aliphatic rings. The first-order chi connectivity index (χ1) is 12.1. The minimum atomic E-state index is -0.0677. The van der Waals surface area contributed by atoms with Crippen molar-refractivity contribution in [1.82, 2.24) is 25.1 Å². The number of amides is 1. The van der Waals surface area contributed by atoms with Crippen molar-refractivity contribution in [2.24, 2.45) is 7.05 Å². The zero-order valence-corrected chi connectivity index (χ0v) is 14.7. The summed E-state index contributed by atoms with van der Waals surface area (Å²) in [4.78, 5) is 20.5. The van der Waals surface area contributed by atoms with Gasteiger partial charge in [0.15, 0.2) is 0 Å². The summed E-state index contributed by atoms with van der Waals surface area (Å²) in [7, 11) is 1.93. The van der Waals surface area contributed by atoms with E-state index in [4.69, 9.17) is 0 Å². The smallest absolute Gasteiger partial charge is 0.239 e. The molecule has 0 atom stereocenters. The molecule has 1 amide bonds. The molecule has 2 N–H and O–H groups in total. The molecule has 0 fully saturated rings. The lowest BCUT2D eigenvalue weighted by Crippen LogP contribution is -2.31. The average Bonchev–Trinajstić information content (AvgIpc) is 2.86. The number of carbonyl (C=O) groups excluding carboxylic acids is 1. The molecule has 0 saturated heterocycles.